The van der Waals surface area contributed by atoms with E-state index in [1.54, 1.807) is 4.68 Å². The van der Waals surface area contributed by atoms with Crippen molar-refractivity contribution in [3.05, 3.63) is 70.5 Å². The van der Waals surface area contributed by atoms with Gasteiger partial charge in [-0.15, -0.1) is 5.10 Å². The number of hydrogen-bond donors (Lipinski definition) is 0. The molecule has 0 saturated carbocycles. The molecule has 0 bridgehead atoms. The Balaban J connectivity index is 1.45. The molecule has 2 aromatic heterocycles. The molecule has 5 rings (SSSR count). The van der Waals surface area contributed by atoms with Gasteiger partial charge in [0.2, 0.25) is 0 Å². The van der Waals surface area contributed by atoms with Crippen molar-refractivity contribution in [3.63, 3.8) is 0 Å². The van der Waals surface area contributed by atoms with Crippen LogP contribution in [-0.2, 0) is 6.42 Å². The highest BCUT2D eigenvalue weighted by Crippen LogP contribution is 2.37. The van der Waals surface area contributed by atoms with Crippen molar-refractivity contribution < 1.29 is 9.47 Å². The van der Waals surface area contributed by atoms with E-state index in [1.165, 1.54) is 11.1 Å². The quantitative estimate of drug-likeness (QED) is 0.430. The molecule has 4 aromatic rings. The van der Waals surface area contributed by atoms with Crippen LogP contribution in [0.25, 0.3) is 16.7 Å². The summed E-state index contributed by atoms with van der Waals surface area (Å²) < 4.78 is 13.8. The lowest BCUT2D eigenvalue weighted by molar-refractivity contribution is 0.246. The molecule has 1 aliphatic rings. The molecule has 0 amide bonds. The summed E-state index contributed by atoms with van der Waals surface area (Å²) in [6.07, 6.45) is 0.966. The molecule has 30 heavy (non-hydrogen) atoms. The normalized spacial score (nSPS) is 15.2. The lowest BCUT2D eigenvalue weighted by atomic mass is 9.95. The van der Waals surface area contributed by atoms with Crippen LogP contribution >= 0.6 is 11.6 Å². The van der Waals surface area contributed by atoms with E-state index in [-0.39, 0.29) is 5.92 Å². The fourth-order valence-corrected chi connectivity index (χ4v) is 4.23. The van der Waals surface area contributed by atoms with Gasteiger partial charge in [-0.1, -0.05) is 48.0 Å². The zero-order valence-corrected chi connectivity index (χ0v) is 17.6. The Morgan fingerprint density at radius 3 is 2.93 bits per heavy atom. The number of pyridine rings is 1. The van der Waals surface area contributed by atoms with Crippen LogP contribution in [0.15, 0.2) is 48.5 Å². The number of benzene rings is 2. The van der Waals surface area contributed by atoms with Crippen LogP contribution in [0.5, 0.6) is 11.5 Å². The van der Waals surface area contributed by atoms with E-state index in [0.29, 0.717) is 29.8 Å². The van der Waals surface area contributed by atoms with Crippen LogP contribution in [0, 0.1) is 6.92 Å². The van der Waals surface area contributed by atoms with E-state index in [4.69, 9.17) is 21.1 Å². The molecule has 0 saturated heterocycles. The van der Waals surface area contributed by atoms with Gasteiger partial charge in [-0.05, 0) is 37.1 Å². The number of aryl methyl sites for hydroxylation is 2. The van der Waals surface area contributed by atoms with Crippen molar-refractivity contribution in [1.82, 2.24) is 20.0 Å². The first-order chi connectivity index (χ1) is 14.7. The molecule has 0 N–H and O–H groups in total. The molecule has 0 spiro atoms. The standard InChI is InChI=1S/C23H21ClN4O2/c1-3-15-7-6-10-20-22(15)16(12-29-20)13-30-21-11-19(23(24)25-14(21)2)28-18-9-5-4-8-17(18)26-27-28/h4-11,16H,3,12-13H2,1-2H3. The zero-order valence-electron chi connectivity index (χ0n) is 16.8. The average Bonchev–Trinajstić information content (AvgIpc) is 3.37. The van der Waals surface area contributed by atoms with Gasteiger partial charge in [0, 0.05) is 11.6 Å². The highest BCUT2D eigenvalue weighted by Gasteiger charge is 2.27. The van der Waals surface area contributed by atoms with Crippen LogP contribution < -0.4 is 9.47 Å². The zero-order chi connectivity index (χ0) is 20.7. The van der Waals surface area contributed by atoms with E-state index in [1.807, 2.05) is 49.4 Å². The third-order valence-corrected chi connectivity index (χ3v) is 5.79. The van der Waals surface area contributed by atoms with E-state index >= 15 is 0 Å². The summed E-state index contributed by atoms with van der Waals surface area (Å²) in [6, 6.07) is 15.8. The molecule has 1 atom stereocenters. The Bertz CT molecular complexity index is 1240. The smallest absolute Gasteiger partial charge is 0.155 e. The number of rotatable bonds is 5. The summed E-state index contributed by atoms with van der Waals surface area (Å²) >= 11 is 6.45. The van der Waals surface area contributed by atoms with Crippen molar-refractivity contribution in [3.8, 4) is 17.2 Å². The van der Waals surface area contributed by atoms with Gasteiger partial charge < -0.3 is 9.47 Å². The maximum absolute atomic E-state index is 6.45. The minimum Gasteiger partial charge on any atom is -0.493 e. The highest BCUT2D eigenvalue weighted by molar-refractivity contribution is 6.31. The number of para-hydroxylation sites is 1. The SMILES string of the molecule is CCc1cccc2c1C(COc1cc(-n3nnc4ccccc43)c(Cl)nc1C)CO2. The van der Waals surface area contributed by atoms with Gasteiger partial charge in [-0.2, -0.15) is 0 Å². The van der Waals surface area contributed by atoms with Gasteiger partial charge in [0.15, 0.2) is 5.15 Å². The molecular weight excluding hydrogens is 400 g/mol. The van der Waals surface area contributed by atoms with E-state index < -0.39 is 0 Å². The Morgan fingerprint density at radius 1 is 1.20 bits per heavy atom. The summed E-state index contributed by atoms with van der Waals surface area (Å²) in [5.74, 6) is 1.82. The van der Waals surface area contributed by atoms with Crippen LogP contribution in [0.1, 0.15) is 29.7 Å². The average molecular weight is 421 g/mol. The molecule has 0 radical (unpaired) electrons. The van der Waals surface area contributed by atoms with Gasteiger partial charge in [-0.3, -0.25) is 0 Å². The molecule has 0 fully saturated rings. The second-order valence-corrected chi connectivity index (χ2v) is 7.73. The molecule has 2 aromatic carbocycles. The summed E-state index contributed by atoms with van der Waals surface area (Å²) in [5, 5.41) is 8.82. The van der Waals surface area contributed by atoms with Gasteiger partial charge in [0.25, 0.3) is 0 Å². The lowest BCUT2D eigenvalue weighted by Gasteiger charge is -2.16. The molecule has 7 heteroatoms. The number of fused-ring (bicyclic) bond motifs is 2. The van der Waals surface area contributed by atoms with Crippen molar-refractivity contribution in [2.24, 2.45) is 0 Å². The molecule has 1 aliphatic heterocycles. The Labute approximate surface area is 179 Å². The minimum atomic E-state index is 0.182. The number of hydrogen-bond acceptors (Lipinski definition) is 5. The van der Waals surface area contributed by atoms with E-state index in [9.17, 15) is 0 Å². The monoisotopic (exact) mass is 420 g/mol. The van der Waals surface area contributed by atoms with Gasteiger partial charge in [0.05, 0.1) is 30.3 Å². The summed E-state index contributed by atoms with van der Waals surface area (Å²) in [4.78, 5) is 4.48. The van der Waals surface area contributed by atoms with Crippen LogP contribution in [-0.4, -0.2) is 33.2 Å². The number of halogens is 1. The third kappa shape index (κ3) is 3.17. The summed E-state index contributed by atoms with van der Waals surface area (Å²) in [5.41, 5.74) is 5.59. The third-order valence-electron chi connectivity index (χ3n) is 5.51. The molecule has 0 aliphatic carbocycles. The Hall–Kier alpha value is -3.12. The summed E-state index contributed by atoms with van der Waals surface area (Å²) in [6.45, 7) is 5.17. The first-order valence-electron chi connectivity index (χ1n) is 10.0. The highest BCUT2D eigenvalue weighted by atomic mass is 35.5. The van der Waals surface area contributed by atoms with E-state index in [0.717, 1.165) is 28.9 Å². The number of aromatic nitrogens is 4. The molecule has 152 valence electrons. The van der Waals surface area contributed by atoms with Crippen LogP contribution in [0.3, 0.4) is 0 Å². The Morgan fingerprint density at radius 2 is 2.07 bits per heavy atom. The maximum atomic E-state index is 6.45. The fraction of sp³-hybridized carbons (Fsp3) is 0.261. The van der Waals surface area contributed by atoms with Crippen molar-refractivity contribution in [2.75, 3.05) is 13.2 Å². The van der Waals surface area contributed by atoms with Gasteiger partial charge in [0.1, 0.15) is 22.7 Å². The van der Waals surface area contributed by atoms with Gasteiger partial charge >= 0.3 is 0 Å². The minimum absolute atomic E-state index is 0.182. The largest absolute Gasteiger partial charge is 0.493 e. The number of nitrogens with zero attached hydrogens (tertiary/aromatic N) is 4. The van der Waals surface area contributed by atoms with Crippen LogP contribution in [0.2, 0.25) is 5.15 Å². The van der Waals surface area contributed by atoms with Crippen LogP contribution in [0.4, 0.5) is 0 Å². The first kappa shape index (κ1) is 18.9. The van der Waals surface area contributed by atoms with Crippen molar-refractivity contribution in [1.29, 1.82) is 0 Å². The lowest BCUT2D eigenvalue weighted by Crippen LogP contribution is -2.14. The topological polar surface area (TPSA) is 62.1 Å². The first-order valence-corrected chi connectivity index (χ1v) is 10.4. The van der Waals surface area contributed by atoms with Gasteiger partial charge in [-0.25, -0.2) is 9.67 Å². The van der Waals surface area contributed by atoms with E-state index in [2.05, 4.69) is 28.3 Å². The predicted octanol–water partition coefficient (Wildman–Crippen LogP) is 4.89. The summed E-state index contributed by atoms with van der Waals surface area (Å²) in [7, 11) is 0. The fourth-order valence-electron chi connectivity index (χ4n) is 3.97. The molecule has 6 nitrogen and oxygen atoms in total. The Kier molecular flexibility index (Phi) is 4.79. The second kappa shape index (κ2) is 7.61. The molecular formula is C23H21ClN4O2. The predicted molar refractivity (Wildman–Crippen MR) is 116 cm³/mol. The maximum Gasteiger partial charge on any atom is 0.155 e. The molecule has 1 unspecified atom stereocenters. The second-order valence-electron chi connectivity index (χ2n) is 7.37. The van der Waals surface area contributed by atoms with Crippen molar-refractivity contribution in [2.45, 2.75) is 26.2 Å². The van der Waals surface area contributed by atoms with Crippen molar-refractivity contribution >= 4 is 22.6 Å². The molecule has 3 heterocycles. The number of ether oxygens (including phenoxy) is 2.